The SMILES string of the molecule is COc1ccc(C(F)F)cc1NC(=O)N1CC[C@@](c2ccc(C)c(F)c2)(c2ncns2)C1. The minimum atomic E-state index is -2.68. The molecule has 1 fully saturated rings. The molecule has 0 radical (unpaired) electrons. The molecule has 0 bridgehead atoms. The van der Waals surface area contributed by atoms with Gasteiger partial charge in [-0.2, -0.15) is 4.37 Å². The number of anilines is 1. The molecule has 0 saturated carbocycles. The lowest BCUT2D eigenvalue weighted by molar-refractivity contribution is 0.151. The number of hydrogen-bond acceptors (Lipinski definition) is 5. The molecule has 0 aliphatic carbocycles. The molecule has 1 aliphatic heterocycles. The van der Waals surface area contributed by atoms with Crippen LogP contribution in [0, 0.1) is 12.7 Å². The van der Waals surface area contributed by atoms with Gasteiger partial charge < -0.3 is 15.0 Å². The maximum atomic E-state index is 14.4. The molecule has 32 heavy (non-hydrogen) atoms. The number of alkyl halides is 2. The molecule has 0 spiro atoms. The Kier molecular flexibility index (Phi) is 6.05. The number of halogens is 3. The van der Waals surface area contributed by atoms with E-state index in [1.165, 1.54) is 49.2 Å². The van der Waals surface area contributed by atoms with E-state index >= 15 is 0 Å². The first kappa shape index (κ1) is 22.1. The molecule has 1 saturated heterocycles. The summed E-state index contributed by atoms with van der Waals surface area (Å²) in [5, 5.41) is 3.36. The van der Waals surface area contributed by atoms with E-state index in [0.29, 0.717) is 29.1 Å². The summed E-state index contributed by atoms with van der Waals surface area (Å²) in [5.74, 6) is -0.0548. The fraction of sp³-hybridized carbons (Fsp3) is 0.318. The average molecular weight is 462 g/mol. The smallest absolute Gasteiger partial charge is 0.321 e. The normalized spacial score (nSPS) is 18.2. The zero-order chi connectivity index (χ0) is 22.9. The monoisotopic (exact) mass is 462 g/mol. The van der Waals surface area contributed by atoms with E-state index in [2.05, 4.69) is 14.7 Å². The quantitative estimate of drug-likeness (QED) is 0.569. The lowest BCUT2D eigenvalue weighted by Gasteiger charge is -2.28. The Balaban J connectivity index is 1.62. The fourth-order valence-electron chi connectivity index (χ4n) is 3.94. The van der Waals surface area contributed by atoms with Crippen molar-refractivity contribution >= 4 is 23.3 Å². The summed E-state index contributed by atoms with van der Waals surface area (Å²) in [5.41, 5.74) is 0.470. The van der Waals surface area contributed by atoms with Gasteiger partial charge in [0.25, 0.3) is 6.43 Å². The minimum Gasteiger partial charge on any atom is -0.495 e. The number of nitrogens with one attached hydrogen (secondary N) is 1. The molecule has 2 heterocycles. The van der Waals surface area contributed by atoms with Crippen LogP contribution in [0.4, 0.5) is 23.7 Å². The summed E-state index contributed by atoms with van der Waals surface area (Å²) >= 11 is 1.21. The van der Waals surface area contributed by atoms with Crippen molar-refractivity contribution in [3.63, 3.8) is 0 Å². The summed E-state index contributed by atoms with van der Waals surface area (Å²) < 4.78 is 49.9. The van der Waals surface area contributed by atoms with Crippen LogP contribution in [-0.2, 0) is 5.41 Å². The Morgan fingerprint density at radius 2 is 2.09 bits per heavy atom. The van der Waals surface area contributed by atoms with Gasteiger partial charge in [0.05, 0.1) is 18.2 Å². The molecule has 3 aromatic rings. The number of urea groups is 1. The number of carbonyl (C=O) groups is 1. The van der Waals surface area contributed by atoms with Crippen molar-refractivity contribution in [2.24, 2.45) is 0 Å². The molecule has 2 aromatic carbocycles. The molecule has 1 aliphatic rings. The predicted octanol–water partition coefficient (Wildman–Crippen LogP) is 5.16. The van der Waals surface area contributed by atoms with Gasteiger partial charge in [-0.3, -0.25) is 0 Å². The first-order chi connectivity index (χ1) is 15.3. The number of amides is 2. The van der Waals surface area contributed by atoms with Gasteiger partial charge in [-0.15, -0.1) is 0 Å². The zero-order valence-electron chi connectivity index (χ0n) is 17.4. The summed E-state index contributed by atoms with van der Waals surface area (Å²) in [4.78, 5) is 19.0. The van der Waals surface area contributed by atoms with Crippen LogP contribution in [0.2, 0.25) is 0 Å². The highest BCUT2D eigenvalue weighted by Crippen LogP contribution is 2.42. The Morgan fingerprint density at radius 1 is 1.28 bits per heavy atom. The van der Waals surface area contributed by atoms with E-state index in [0.717, 1.165) is 0 Å². The van der Waals surface area contributed by atoms with Crippen LogP contribution in [0.15, 0.2) is 42.7 Å². The average Bonchev–Trinajstić information content (AvgIpc) is 3.46. The lowest BCUT2D eigenvalue weighted by atomic mass is 9.80. The van der Waals surface area contributed by atoms with Gasteiger partial charge in [-0.05, 0) is 60.3 Å². The van der Waals surface area contributed by atoms with E-state index in [4.69, 9.17) is 4.74 Å². The van der Waals surface area contributed by atoms with Crippen LogP contribution in [0.1, 0.15) is 34.5 Å². The Bertz CT molecular complexity index is 1130. The first-order valence-corrected chi connectivity index (χ1v) is 10.7. The molecule has 0 unspecified atom stereocenters. The number of aromatic nitrogens is 2. The molecule has 2 amide bonds. The van der Waals surface area contributed by atoms with Crippen molar-refractivity contribution in [2.75, 3.05) is 25.5 Å². The summed E-state index contributed by atoms with van der Waals surface area (Å²) in [6, 6.07) is 8.41. The van der Waals surface area contributed by atoms with Gasteiger partial charge in [0, 0.05) is 18.7 Å². The van der Waals surface area contributed by atoms with Crippen LogP contribution >= 0.6 is 11.5 Å². The second-order valence-corrected chi connectivity index (χ2v) is 8.43. The van der Waals surface area contributed by atoms with Gasteiger partial charge in [-0.1, -0.05) is 12.1 Å². The maximum absolute atomic E-state index is 14.4. The summed E-state index contributed by atoms with van der Waals surface area (Å²) in [6.45, 7) is 2.30. The number of likely N-dealkylation sites (tertiary alicyclic amines) is 1. The van der Waals surface area contributed by atoms with E-state index in [1.54, 1.807) is 17.9 Å². The zero-order valence-corrected chi connectivity index (χ0v) is 18.3. The number of methoxy groups -OCH3 is 1. The lowest BCUT2D eigenvalue weighted by Crippen LogP contribution is -2.37. The van der Waals surface area contributed by atoms with Crippen molar-refractivity contribution < 1.29 is 22.7 Å². The molecule has 1 aromatic heterocycles. The van der Waals surface area contributed by atoms with Gasteiger partial charge in [0.1, 0.15) is 22.9 Å². The van der Waals surface area contributed by atoms with Crippen molar-refractivity contribution in [1.29, 1.82) is 0 Å². The number of ether oxygens (including phenoxy) is 1. The van der Waals surface area contributed by atoms with Gasteiger partial charge in [0.15, 0.2) is 0 Å². The summed E-state index contributed by atoms with van der Waals surface area (Å²) in [7, 11) is 1.40. The second-order valence-electron chi connectivity index (χ2n) is 7.65. The Morgan fingerprint density at radius 3 is 2.75 bits per heavy atom. The van der Waals surface area contributed by atoms with Crippen LogP contribution in [-0.4, -0.2) is 40.5 Å². The Hall–Kier alpha value is -3.14. The first-order valence-electron chi connectivity index (χ1n) is 9.90. The van der Waals surface area contributed by atoms with Crippen LogP contribution in [0.3, 0.4) is 0 Å². The highest BCUT2D eigenvalue weighted by Gasteiger charge is 2.45. The minimum absolute atomic E-state index is 0.157. The van der Waals surface area contributed by atoms with Crippen LogP contribution in [0.5, 0.6) is 5.75 Å². The van der Waals surface area contributed by atoms with Crippen molar-refractivity contribution in [2.45, 2.75) is 25.2 Å². The van der Waals surface area contributed by atoms with E-state index in [9.17, 15) is 18.0 Å². The highest BCUT2D eigenvalue weighted by atomic mass is 32.1. The third kappa shape index (κ3) is 4.02. The van der Waals surface area contributed by atoms with Gasteiger partial charge in [0.2, 0.25) is 0 Å². The third-order valence-corrected chi connectivity index (χ3v) is 6.64. The number of aryl methyl sites for hydroxylation is 1. The largest absolute Gasteiger partial charge is 0.495 e. The van der Waals surface area contributed by atoms with Crippen molar-refractivity contribution in [3.05, 3.63) is 70.2 Å². The molecule has 1 atom stereocenters. The highest BCUT2D eigenvalue weighted by molar-refractivity contribution is 7.05. The number of hydrogen-bond donors (Lipinski definition) is 1. The van der Waals surface area contributed by atoms with Crippen molar-refractivity contribution in [1.82, 2.24) is 14.3 Å². The maximum Gasteiger partial charge on any atom is 0.321 e. The number of nitrogens with zero attached hydrogens (tertiary/aromatic N) is 3. The third-order valence-electron chi connectivity index (χ3n) is 5.77. The van der Waals surface area contributed by atoms with Gasteiger partial charge in [-0.25, -0.2) is 22.9 Å². The molecular weight excluding hydrogens is 441 g/mol. The fourth-order valence-corrected chi connectivity index (χ4v) is 4.69. The molecular formula is C22H21F3N4O2S. The van der Waals surface area contributed by atoms with E-state index in [1.807, 2.05) is 6.07 Å². The number of carbonyl (C=O) groups excluding carboxylic acids is 1. The topological polar surface area (TPSA) is 67.3 Å². The number of rotatable bonds is 5. The standard InChI is InChI=1S/C22H21F3N4O2S/c1-13-3-5-15(10-16(13)23)22(20-26-12-27-32-20)7-8-29(11-22)21(30)28-17-9-14(19(24)25)4-6-18(17)31-2/h3-6,9-10,12,19H,7-8,11H2,1-2H3,(H,28,30)/t22-/m1/s1. The Labute approximate surface area is 187 Å². The van der Waals surface area contributed by atoms with E-state index in [-0.39, 0.29) is 29.4 Å². The van der Waals surface area contributed by atoms with Crippen LogP contribution < -0.4 is 10.1 Å². The van der Waals surface area contributed by atoms with E-state index < -0.39 is 17.9 Å². The molecule has 10 heteroatoms. The molecule has 4 rings (SSSR count). The second kappa shape index (κ2) is 8.78. The molecule has 1 N–H and O–H groups in total. The van der Waals surface area contributed by atoms with Crippen LogP contribution in [0.25, 0.3) is 0 Å². The van der Waals surface area contributed by atoms with Crippen molar-refractivity contribution in [3.8, 4) is 5.75 Å². The predicted molar refractivity (Wildman–Crippen MR) is 115 cm³/mol. The summed E-state index contributed by atoms with van der Waals surface area (Å²) in [6.07, 6.45) is -0.716. The molecule has 6 nitrogen and oxygen atoms in total. The van der Waals surface area contributed by atoms with Gasteiger partial charge >= 0.3 is 6.03 Å². The molecule has 168 valence electrons. The number of benzene rings is 2.